The van der Waals surface area contributed by atoms with Gasteiger partial charge in [-0.3, -0.25) is 4.79 Å². The van der Waals surface area contributed by atoms with Crippen LogP contribution in [-0.4, -0.2) is 22.0 Å². The molecular formula is C9H9I2NO2. The highest BCUT2D eigenvalue weighted by atomic mass is 127. The maximum atomic E-state index is 11.5. The molecule has 0 spiro atoms. The molecule has 1 amide bonds. The Bertz CT molecular complexity index is 342. The van der Waals surface area contributed by atoms with Gasteiger partial charge in [-0.05, 0) is 40.8 Å². The molecule has 0 atom stereocenters. The molecule has 1 aromatic rings. The van der Waals surface area contributed by atoms with Crippen molar-refractivity contribution in [2.75, 3.05) is 11.0 Å². The lowest BCUT2D eigenvalue weighted by molar-refractivity contribution is 0.0953. The number of aromatic hydroxyl groups is 1. The number of carbonyl (C=O) groups excluding carboxylic acids is 1. The molecule has 0 radical (unpaired) electrons. The van der Waals surface area contributed by atoms with Gasteiger partial charge in [-0.1, -0.05) is 22.6 Å². The van der Waals surface area contributed by atoms with E-state index in [-0.39, 0.29) is 11.7 Å². The maximum Gasteiger partial charge on any atom is 0.255 e. The van der Waals surface area contributed by atoms with E-state index in [1.165, 1.54) is 6.07 Å². The number of carbonyl (C=O) groups is 1. The van der Waals surface area contributed by atoms with Gasteiger partial charge in [-0.2, -0.15) is 0 Å². The molecule has 1 aromatic carbocycles. The summed E-state index contributed by atoms with van der Waals surface area (Å²) >= 11 is 4.28. The van der Waals surface area contributed by atoms with Crippen molar-refractivity contribution in [1.82, 2.24) is 5.32 Å². The van der Waals surface area contributed by atoms with E-state index in [0.717, 1.165) is 8.00 Å². The fourth-order valence-electron chi connectivity index (χ4n) is 0.946. The van der Waals surface area contributed by atoms with E-state index >= 15 is 0 Å². The lowest BCUT2D eigenvalue weighted by Gasteiger charge is -2.05. The van der Waals surface area contributed by atoms with E-state index in [2.05, 4.69) is 50.5 Å². The Morgan fingerprint density at radius 1 is 1.50 bits per heavy atom. The molecule has 0 bridgehead atoms. The normalized spacial score (nSPS) is 9.86. The number of phenolic OH excluding ortho intramolecular Hbond substituents is 1. The van der Waals surface area contributed by atoms with E-state index in [1.54, 1.807) is 12.1 Å². The van der Waals surface area contributed by atoms with Gasteiger partial charge in [0.05, 0.1) is 5.56 Å². The standard InChI is InChI=1S/C9H9I2NO2/c10-3-4-12-9(14)7-5-6(11)1-2-8(7)13/h1-2,5,13H,3-4H2,(H,12,14). The predicted molar refractivity (Wildman–Crippen MR) is 72.0 cm³/mol. The molecule has 2 N–H and O–H groups in total. The highest BCUT2D eigenvalue weighted by Gasteiger charge is 2.10. The van der Waals surface area contributed by atoms with Gasteiger partial charge >= 0.3 is 0 Å². The van der Waals surface area contributed by atoms with Crippen LogP contribution in [-0.2, 0) is 0 Å². The Kier molecular flexibility index (Phi) is 4.93. The van der Waals surface area contributed by atoms with Crippen LogP contribution in [0, 0.1) is 3.57 Å². The Balaban J connectivity index is 2.83. The third-order valence-corrected chi connectivity index (χ3v) is 2.79. The molecule has 5 heteroatoms. The van der Waals surface area contributed by atoms with Crippen molar-refractivity contribution in [3.8, 4) is 5.75 Å². The van der Waals surface area contributed by atoms with Crippen LogP contribution >= 0.6 is 45.2 Å². The van der Waals surface area contributed by atoms with Crippen molar-refractivity contribution in [3.05, 3.63) is 27.3 Å². The molecule has 0 aliphatic rings. The fraction of sp³-hybridized carbons (Fsp3) is 0.222. The second-order valence-electron chi connectivity index (χ2n) is 2.61. The Hall–Kier alpha value is -0.0500. The molecule has 0 saturated carbocycles. The zero-order valence-electron chi connectivity index (χ0n) is 7.26. The Morgan fingerprint density at radius 2 is 2.21 bits per heavy atom. The second kappa shape index (κ2) is 5.74. The summed E-state index contributed by atoms with van der Waals surface area (Å²) in [6, 6.07) is 4.95. The van der Waals surface area contributed by atoms with Crippen LogP contribution in [0.15, 0.2) is 18.2 Å². The minimum atomic E-state index is -0.224. The minimum Gasteiger partial charge on any atom is -0.507 e. The van der Waals surface area contributed by atoms with Crippen molar-refractivity contribution in [2.24, 2.45) is 0 Å². The van der Waals surface area contributed by atoms with Gasteiger partial charge < -0.3 is 10.4 Å². The molecule has 0 unspecified atom stereocenters. The zero-order valence-corrected chi connectivity index (χ0v) is 11.6. The van der Waals surface area contributed by atoms with Gasteiger partial charge in [-0.25, -0.2) is 0 Å². The number of phenols is 1. The molecule has 0 aromatic heterocycles. The zero-order chi connectivity index (χ0) is 10.6. The van der Waals surface area contributed by atoms with Gasteiger partial charge in [0.15, 0.2) is 0 Å². The van der Waals surface area contributed by atoms with E-state index in [4.69, 9.17) is 0 Å². The topological polar surface area (TPSA) is 49.3 Å². The van der Waals surface area contributed by atoms with Crippen LogP contribution in [0.25, 0.3) is 0 Å². The van der Waals surface area contributed by atoms with Crippen molar-refractivity contribution < 1.29 is 9.90 Å². The first kappa shape index (κ1) is 12.0. The van der Waals surface area contributed by atoms with Crippen LogP contribution in [0.2, 0.25) is 0 Å². The summed E-state index contributed by atoms with van der Waals surface area (Å²) in [6.45, 7) is 0.615. The predicted octanol–water partition coefficient (Wildman–Crippen LogP) is 2.16. The summed E-state index contributed by atoms with van der Waals surface area (Å²) in [5.74, 6) is -0.200. The molecule has 14 heavy (non-hydrogen) atoms. The number of alkyl halides is 1. The summed E-state index contributed by atoms with van der Waals surface area (Å²) in [5.41, 5.74) is 0.335. The number of hydrogen-bond donors (Lipinski definition) is 2. The van der Waals surface area contributed by atoms with E-state index in [1.807, 2.05) is 0 Å². The number of hydrogen-bond acceptors (Lipinski definition) is 2. The number of rotatable bonds is 3. The van der Waals surface area contributed by atoms with Crippen LogP contribution in [0.3, 0.4) is 0 Å². The summed E-state index contributed by atoms with van der Waals surface area (Å²) in [7, 11) is 0. The van der Waals surface area contributed by atoms with E-state index < -0.39 is 0 Å². The van der Waals surface area contributed by atoms with E-state index in [0.29, 0.717) is 12.1 Å². The van der Waals surface area contributed by atoms with Crippen LogP contribution < -0.4 is 5.32 Å². The quantitative estimate of drug-likeness (QED) is 0.586. The van der Waals surface area contributed by atoms with Gasteiger partial charge in [0.25, 0.3) is 5.91 Å². The number of amides is 1. The largest absolute Gasteiger partial charge is 0.507 e. The Morgan fingerprint density at radius 3 is 2.86 bits per heavy atom. The van der Waals surface area contributed by atoms with Crippen LogP contribution in [0.1, 0.15) is 10.4 Å². The van der Waals surface area contributed by atoms with Gasteiger partial charge in [0, 0.05) is 14.5 Å². The summed E-state index contributed by atoms with van der Waals surface area (Å²) in [6.07, 6.45) is 0. The molecule has 1 rings (SSSR count). The molecule has 0 aliphatic heterocycles. The van der Waals surface area contributed by atoms with Gasteiger partial charge in [0.2, 0.25) is 0 Å². The fourth-order valence-corrected chi connectivity index (χ4v) is 1.71. The average molecular weight is 417 g/mol. The monoisotopic (exact) mass is 417 g/mol. The number of nitrogens with one attached hydrogen (secondary N) is 1. The van der Waals surface area contributed by atoms with Crippen LogP contribution in [0.4, 0.5) is 0 Å². The lowest BCUT2D eigenvalue weighted by Crippen LogP contribution is -2.25. The number of halogens is 2. The summed E-state index contributed by atoms with van der Waals surface area (Å²) in [4.78, 5) is 11.5. The summed E-state index contributed by atoms with van der Waals surface area (Å²) < 4.78 is 1.79. The van der Waals surface area contributed by atoms with Gasteiger partial charge in [0.1, 0.15) is 5.75 Å². The molecule has 0 saturated heterocycles. The maximum absolute atomic E-state index is 11.5. The molecule has 0 fully saturated rings. The molecule has 76 valence electrons. The van der Waals surface area contributed by atoms with Crippen molar-refractivity contribution >= 4 is 51.1 Å². The smallest absolute Gasteiger partial charge is 0.255 e. The SMILES string of the molecule is O=C(NCCI)c1cc(I)ccc1O. The van der Waals surface area contributed by atoms with E-state index in [9.17, 15) is 9.90 Å². The van der Waals surface area contributed by atoms with Crippen molar-refractivity contribution in [3.63, 3.8) is 0 Å². The first-order chi connectivity index (χ1) is 6.65. The summed E-state index contributed by atoms with van der Waals surface area (Å²) in [5, 5.41) is 12.1. The molecular weight excluding hydrogens is 408 g/mol. The second-order valence-corrected chi connectivity index (χ2v) is 4.93. The number of benzene rings is 1. The highest BCUT2D eigenvalue weighted by molar-refractivity contribution is 14.1. The lowest BCUT2D eigenvalue weighted by atomic mass is 10.2. The first-order valence-corrected chi connectivity index (χ1v) is 6.58. The van der Waals surface area contributed by atoms with Crippen molar-refractivity contribution in [2.45, 2.75) is 0 Å². The first-order valence-electron chi connectivity index (χ1n) is 3.98. The van der Waals surface area contributed by atoms with Gasteiger partial charge in [-0.15, -0.1) is 0 Å². The Labute approximate surface area is 110 Å². The minimum absolute atomic E-state index is 0.0244. The van der Waals surface area contributed by atoms with Crippen molar-refractivity contribution in [1.29, 1.82) is 0 Å². The molecule has 3 nitrogen and oxygen atoms in total. The third-order valence-electron chi connectivity index (χ3n) is 1.58. The third kappa shape index (κ3) is 3.26. The molecule has 0 heterocycles. The van der Waals surface area contributed by atoms with Crippen LogP contribution in [0.5, 0.6) is 5.75 Å². The average Bonchev–Trinajstić information content (AvgIpc) is 2.18. The molecule has 0 aliphatic carbocycles. The highest BCUT2D eigenvalue weighted by Crippen LogP contribution is 2.19.